The molecule has 0 bridgehead atoms. The van der Waals surface area contributed by atoms with Crippen LogP contribution in [0.5, 0.6) is 0 Å². The lowest BCUT2D eigenvalue weighted by atomic mass is 9.85. The summed E-state index contributed by atoms with van der Waals surface area (Å²) in [5.74, 6) is 1.10. The van der Waals surface area contributed by atoms with Gasteiger partial charge in [-0.2, -0.15) is 0 Å². The SMILES string of the molecule is Cc1cc(C(C)(C)C)c2oc(CNC3CC3)c(C)c2c1. The first kappa shape index (κ1) is 13.7. The van der Waals surface area contributed by atoms with Crippen LogP contribution in [-0.4, -0.2) is 6.04 Å². The van der Waals surface area contributed by atoms with Crippen LogP contribution < -0.4 is 5.32 Å². The molecule has 3 rings (SSSR count). The average Bonchev–Trinajstić information content (AvgIpc) is 3.12. The number of hydrogen-bond donors (Lipinski definition) is 1. The molecule has 0 unspecified atom stereocenters. The third kappa shape index (κ3) is 2.49. The van der Waals surface area contributed by atoms with E-state index < -0.39 is 0 Å². The second kappa shape index (κ2) is 4.63. The van der Waals surface area contributed by atoms with Crippen LogP contribution in [0.1, 0.15) is 56.1 Å². The Hall–Kier alpha value is -1.28. The molecular weight excluding hydrogens is 246 g/mol. The van der Waals surface area contributed by atoms with E-state index in [4.69, 9.17) is 4.42 Å². The van der Waals surface area contributed by atoms with Gasteiger partial charge in [0.25, 0.3) is 0 Å². The van der Waals surface area contributed by atoms with Crippen LogP contribution >= 0.6 is 0 Å². The third-order valence-electron chi connectivity index (χ3n) is 4.22. The van der Waals surface area contributed by atoms with Crippen LogP contribution in [0.25, 0.3) is 11.0 Å². The third-order valence-corrected chi connectivity index (χ3v) is 4.22. The topological polar surface area (TPSA) is 25.2 Å². The maximum Gasteiger partial charge on any atom is 0.138 e. The molecule has 1 N–H and O–H groups in total. The number of hydrogen-bond acceptors (Lipinski definition) is 2. The minimum atomic E-state index is 0.107. The van der Waals surface area contributed by atoms with Crippen molar-refractivity contribution in [2.24, 2.45) is 0 Å². The lowest BCUT2D eigenvalue weighted by Gasteiger charge is -2.19. The number of furan rings is 1. The average molecular weight is 271 g/mol. The fraction of sp³-hybridized carbons (Fsp3) is 0.556. The maximum absolute atomic E-state index is 6.23. The molecule has 0 spiro atoms. The van der Waals surface area contributed by atoms with Gasteiger partial charge < -0.3 is 9.73 Å². The standard InChI is InChI=1S/C18H25NO/c1-11-8-14-12(2)16(10-19-13-6-7-13)20-17(14)15(9-11)18(3,4)5/h8-9,13,19H,6-7,10H2,1-5H3. The molecule has 0 radical (unpaired) electrons. The number of rotatable bonds is 3. The largest absolute Gasteiger partial charge is 0.459 e. The Morgan fingerprint density at radius 1 is 1.20 bits per heavy atom. The number of aryl methyl sites for hydroxylation is 2. The van der Waals surface area contributed by atoms with Crippen molar-refractivity contribution in [3.63, 3.8) is 0 Å². The zero-order valence-electron chi connectivity index (χ0n) is 13.3. The van der Waals surface area contributed by atoms with Gasteiger partial charge in [-0.3, -0.25) is 0 Å². The van der Waals surface area contributed by atoms with E-state index in [9.17, 15) is 0 Å². The summed E-state index contributed by atoms with van der Waals surface area (Å²) in [6.45, 7) is 12.0. The highest BCUT2D eigenvalue weighted by Crippen LogP contribution is 2.35. The van der Waals surface area contributed by atoms with Gasteiger partial charge >= 0.3 is 0 Å². The fourth-order valence-corrected chi connectivity index (χ4v) is 2.76. The van der Waals surface area contributed by atoms with Gasteiger partial charge in [-0.1, -0.05) is 26.8 Å². The molecule has 1 aliphatic rings. The monoisotopic (exact) mass is 271 g/mol. The van der Waals surface area contributed by atoms with E-state index >= 15 is 0 Å². The molecule has 0 saturated heterocycles. The summed E-state index contributed by atoms with van der Waals surface area (Å²) >= 11 is 0. The zero-order chi connectivity index (χ0) is 14.5. The van der Waals surface area contributed by atoms with E-state index in [-0.39, 0.29) is 5.41 Å². The van der Waals surface area contributed by atoms with Crippen LogP contribution in [0, 0.1) is 13.8 Å². The Balaban J connectivity index is 2.08. The minimum absolute atomic E-state index is 0.107. The molecule has 1 aromatic carbocycles. The summed E-state index contributed by atoms with van der Waals surface area (Å²) in [4.78, 5) is 0. The van der Waals surface area contributed by atoms with Crippen molar-refractivity contribution in [3.8, 4) is 0 Å². The van der Waals surface area contributed by atoms with Crippen molar-refractivity contribution in [1.29, 1.82) is 0 Å². The van der Waals surface area contributed by atoms with Crippen molar-refractivity contribution in [2.45, 2.75) is 65.5 Å². The van der Waals surface area contributed by atoms with Gasteiger partial charge in [-0.05, 0) is 49.3 Å². The van der Waals surface area contributed by atoms with Gasteiger partial charge in [-0.15, -0.1) is 0 Å². The van der Waals surface area contributed by atoms with Crippen LogP contribution in [0.2, 0.25) is 0 Å². The molecular formula is C18H25NO. The van der Waals surface area contributed by atoms with Crippen LogP contribution in [0.4, 0.5) is 0 Å². The summed E-state index contributed by atoms with van der Waals surface area (Å²) in [5.41, 5.74) is 5.10. The fourth-order valence-electron chi connectivity index (χ4n) is 2.76. The van der Waals surface area contributed by atoms with Crippen LogP contribution in [0.15, 0.2) is 16.5 Å². The van der Waals surface area contributed by atoms with Crippen LogP contribution in [0.3, 0.4) is 0 Å². The Morgan fingerprint density at radius 3 is 2.50 bits per heavy atom. The highest BCUT2D eigenvalue weighted by Gasteiger charge is 2.24. The number of fused-ring (bicyclic) bond motifs is 1. The summed E-state index contributed by atoms with van der Waals surface area (Å²) in [6, 6.07) is 5.24. The van der Waals surface area contributed by atoms with Crippen molar-refractivity contribution >= 4 is 11.0 Å². The maximum atomic E-state index is 6.23. The van der Waals surface area contributed by atoms with Gasteiger partial charge in [-0.25, -0.2) is 0 Å². The van der Waals surface area contributed by atoms with Gasteiger partial charge in [0.1, 0.15) is 11.3 Å². The first-order valence-corrected chi connectivity index (χ1v) is 7.63. The van der Waals surface area contributed by atoms with Crippen molar-refractivity contribution in [3.05, 3.63) is 34.6 Å². The Kier molecular flexibility index (Phi) is 3.17. The Labute approximate surface area is 121 Å². The summed E-state index contributed by atoms with van der Waals surface area (Å²) < 4.78 is 6.23. The van der Waals surface area contributed by atoms with Crippen molar-refractivity contribution in [1.82, 2.24) is 5.32 Å². The molecule has 1 aromatic heterocycles. The van der Waals surface area contributed by atoms with Crippen LogP contribution in [-0.2, 0) is 12.0 Å². The lowest BCUT2D eigenvalue weighted by Crippen LogP contribution is -2.15. The normalized spacial score (nSPS) is 16.1. The van der Waals surface area contributed by atoms with E-state index in [0.29, 0.717) is 6.04 Å². The molecule has 2 nitrogen and oxygen atoms in total. The predicted octanol–water partition coefficient (Wildman–Crippen LogP) is 4.60. The second-order valence-corrected chi connectivity index (χ2v) is 7.24. The first-order valence-electron chi connectivity index (χ1n) is 7.63. The van der Waals surface area contributed by atoms with Gasteiger partial charge in [0.15, 0.2) is 0 Å². The van der Waals surface area contributed by atoms with E-state index in [1.165, 1.54) is 34.9 Å². The van der Waals surface area contributed by atoms with E-state index in [1.54, 1.807) is 0 Å². The lowest BCUT2D eigenvalue weighted by molar-refractivity contribution is 0.496. The molecule has 0 amide bonds. The molecule has 0 aliphatic heterocycles. The molecule has 2 aromatic rings. The van der Waals surface area contributed by atoms with E-state index in [0.717, 1.165) is 17.9 Å². The Bertz CT molecular complexity index is 641. The van der Waals surface area contributed by atoms with E-state index in [2.05, 4.69) is 52.1 Å². The second-order valence-electron chi connectivity index (χ2n) is 7.24. The molecule has 1 saturated carbocycles. The highest BCUT2D eigenvalue weighted by molar-refractivity contribution is 5.86. The molecule has 0 atom stereocenters. The molecule has 1 fully saturated rings. The van der Waals surface area contributed by atoms with E-state index in [1.807, 2.05) is 0 Å². The predicted molar refractivity (Wildman–Crippen MR) is 84.2 cm³/mol. The number of benzene rings is 1. The minimum Gasteiger partial charge on any atom is -0.459 e. The summed E-state index contributed by atoms with van der Waals surface area (Å²) in [7, 11) is 0. The number of nitrogens with one attached hydrogen (secondary N) is 1. The van der Waals surface area contributed by atoms with Gasteiger partial charge in [0.2, 0.25) is 0 Å². The molecule has 1 aliphatic carbocycles. The highest BCUT2D eigenvalue weighted by atomic mass is 16.3. The molecule has 108 valence electrons. The Morgan fingerprint density at radius 2 is 1.90 bits per heavy atom. The summed E-state index contributed by atoms with van der Waals surface area (Å²) in [6.07, 6.45) is 2.62. The van der Waals surface area contributed by atoms with Gasteiger partial charge in [0, 0.05) is 17.0 Å². The molecule has 20 heavy (non-hydrogen) atoms. The zero-order valence-corrected chi connectivity index (χ0v) is 13.3. The first-order chi connectivity index (χ1) is 9.36. The smallest absolute Gasteiger partial charge is 0.138 e. The van der Waals surface area contributed by atoms with Crippen molar-refractivity contribution < 1.29 is 4.42 Å². The molecule has 1 heterocycles. The van der Waals surface area contributed by atoms with Gasteiger partial charge in [0.05, 0.1) is 6.54 Å². The molecule has 2 heteroatoms. The van der Waals surface area contributed by atoms with Crippen molar-refractivity contribution in [2.75, 3.05) is 0 Å². The quantitative estimate of drug-likeness (QED) is 0.882. The summed E-state index contributed by atoms with van der Waals surface area (Å²) in [5, 5.41) is 4.83.